The molecule has 0 aromatic heterocycles. The van der Waals surface area contributed by atoms with Gasteiger partial charge in [0, 0.05) is 11.8 Å². The van der Waals surface area contributed by atoms with Gasteiger partial charge in [0.25, 0.3) is 11.8 Å². The van der Waals surface area contributed by atoms with Gasteiger partial charge in [-0.15, -0.1) is 0 Å². The van der Waals surface area contributed by atoms with Gasteiger partial charge in [0.1, 0.15) is 22.9 Å². The summed E-state index contributed by atoms with van der Waals surface area (Å²) in [7, 11) is 0. The molecule has 2 rings (SSSR count). The van der Waals surface area contributed by atoms with E-state index < -0.39 is 23.2 Å². The van der Waals surface area contributed by atoms with Crippen molar-refractivity contribution in [3.63, 3.8) is 0 Å². The Morgan fingerprint density at radius 1 is 1.00 bits per heavy atom. The van der Waals surface area contributed by atoms with Gasteiger partial charge in [-0.1, -0.05) is 6.07 Å². The monoisotopic (exact) mass is 289 g/mol. The van der Waals surface area contributed by atoms with Crippen molar-refractivity contribution in [2.24, 2.45) is 11.5 Å². The van der Waals surface area contributed by atoms with E-state index in [0.29, 0.717) is 5.69 Å². The minimum atomic E-state index is -0.993. The zero-order chi connectivity index (χ0) is 15.6. The fraction of sp³-hybridized carbons (Fsp3) is 0. The normalized spacial score (nSPS) is 10.1. The van der Waals surface area contributed by atoms with Crippen LogP contribution in [0.25, 0.3) is 0 Å². The molecular formula is C14H12FN3O3. The molecule has 6 N–H and O–H groups in total. The Bertz CT molecular complexity index is 731. The maximum absolute atomic E-state index is 13.6. The van der Waals surface area contributed by atoms with Gasteiger partial charge in [-0.3, -0.25) is 9.59 Å². The molecule has 0 saturated carbocycles. The molecular weight excluding hydrogens is 277 g/mol. The van der Waals surface area contributed by atoms with Crippen molar-refractivity contribution in [3.05, 3.63) is 53.3 Å². The van der Waals surface area contributed by atoms with Crippen molar-refractivity contribution in [3.8, 4) is 11.5 Å². The summed E-state index contributed by atoms with van der Waals surface area (Å²) in [6.45, 7) is 0. The number of primary amides is 2. The molecule has 0 fully saturated rings. The molecule has 2 amide bonds. The molecule has 0 bridgehead atoms. The average molecular weight is 289 g/mol. The van der Waals surface area contributed by atoms with Crippen molar-refractivity contribution >= 4 is 17.5 Å². The second-order valence-corrected chi connectivity index (χ2v) is 4.20. The minimum Gasteiger partial charge on any atom is -0.455 e. The number of hydrogen-bond acceptors (Lipinski definition) is 4. The standard InChI is InChI=1S/C14H12FN3O3/c15-9-2-1-3-10(12(9)14(18)20)21-11-6-7(16)4-5-8(11)13(17)19/h1-6H,16H2,(H2,17,19)(H2,18,20). The summed E-state index contributed by atoms with van der Waals surface area (Å²) >= 11 is 0. The zero-order valence-corrected chi connectivity index (χ0v) is 10.8. The van der Waals surface area contributed by atoms with Gasteiger partial charge < -0.3 is 21.9 Å². The summed E-state index contributed by atoms with van der Waals surface area (Å²) in [5, 5.41) is 0. The topological polar surface area (TPSA) is 121 Å². The quantitative estimate of drug-likeness (QED) is 0.736. The Labute approximate surface area is 119 Å². The number of hydrogen-bond donors (Lipinski definition) is 3. The smallest absolute Gasteiger partial charge is 0.255 e. The molecule has 0 radical (unpaired) electrons. The van der Waals surface area contributed by atoms with Crippen LogP contribution in [0.5, 0.6) is 11.5 Å². The van der Waals surface area contributed by atoms with Gasteiger partial charge in [0.15, 0.2) is 0 Å². The number of benzene rings is 2. The van der Waals surface area contributed by atoms with Crippen LogP contribution in [0.15, 0.2) is 36.4 Å². The van der Waals surface area contributed by atoms with E-state index in [9.17, 15) is 14.0 Å². The van der Waals surface area contributed by atoms with Crippen LogP contribution in [0.1, 0.15) is 20.7 Å². The van der Waals surface area contributed by atoms with E-state index in [1.807, 2.05) is 0 Å². The Hall–Kier alpha value is -3.09. The first-order valence-electron chi connectivity index (χ1n) is 5.85. The molecule has 0 heterocycles. The summed E-state index contributed by atoms with van der Waals surface area (Å²) in [5.41, 5.74) is 15.9. The third-order valence-corrected chi connectivity index (χ3v) is 2.71. The molecule has 0 spiro atoms. The van der Waals surface area contributed by atoms with Crippen molar-refractivity contribution < 1.29 is 18.7 Å². The van der Waals surface area contributed by atoms with Gasteiger partial charge in [-0.25, -0.2) is 4.39 Å². The maximum Gasteiger partial charge on any atom is 0.255 e. The number of carbonyl (C=O) groups excluding carboxylic acids is 2. The average Bonchev–Trinajstić information content (AvgIpc) is 2.37. The van der Waals surface area contributed by atoms with E-state index in [4.69, 9.17) is 21.9 Å². The molecule has 0 saturated heterocycles. The maximum atomic E-state index is 13.6. The Balaban J connectivity index is 2.53. The van der Waals surface area contributed by atoms with Crippen molar-refractivity contribution in [1.29, 1.82) is 0 Å². The van der Waals surface area contributed by atoms with Gasteiger partial charge in [0.05, 0.1) is 5.56 Å². The van der Waals surface area contributed by atoms with Crippen LogP contribution < -0.4 is 21.9 Å². The molecule has 2 aromatic carbocycles. The highest BCUT2D eigenvalue weighted by atomic mass is 19.1. The summed E-state index contributed by atoms with van der Waals surface area (Å²) < 4.78 is 19.0. The van der Waals surface area contributed by atoms with Crippen molar-refractivity contribution in [2.75, 3.05) is 5.73 Å². The van der Waals surface area contributed by atoms with E-state index >= 15 is 0 Å². The lowest BCUT2D eigenvalue weighted by atomic mass is 10.1. The Morgan fingerprint density at radius 3 is 2.33 bits per heavy atom. The number of nitrogen functional groups attached to an aromatic ring is 1. The van der Waals surface area contributed by atoms with E-state index in [1.54, 1.807) is 0 Å². The van der Waals surface area contributed by atoms with Crippen LogP contribution in [-0.4, -0.2) is 11.8 Å². The van der Waals surface area contributed by atoms with Gasteiger partial charge in [0.2, 0.25) is 0 Å². The summed E-state index contributed by atoms with van der Waals surface area (Å²) in [6.07, 6.45) is 0. The van der Waals surface area contributed by atoms with Crippen LogP contribution in [0.2, 0.25) is 0 Å². The van der Waals surface area contributed by atoms with Gasteiger partial charge in [-0.05, 0) is 24.3 Å². The Morgan fingerprint density at radius 2 is 1.71 bits per heavy atom. The van der Waals surface area contributed by atoms with Gasteiger partial charge in [-0.2, -0.15) is 0 Å². The second-order valence-electron chi connectivity index (χ2n) is 4.20. The molecule has 0 atom stereocenters. The van der Waals surface area contributed by atoms with Crippen LogP contribution in [-0.2, 0) is 0 Å². The lowest BCUT2D eigenvalue weighted by Gasteiger charge is -2.12. The lowest BCUT2D eigenvalue weighted by molar-refractivity contribution is 0.0990. The summed E-state index contributed by atoms with van der Waals surface area (Å²) in [4.78, 5) is 22.6. The zero-order valence-electron chi connectivity index (χ0n) is 10.8. The predicted molar refractivity (Wildman–Crippen MR) is 74.4 cm³/mol. The van der Waals surface area contributed by atoms with Crippen LogP contribution >= 0.6 is 0 Å². The molecule has 108 valence electrons. The van der Waals surface area contributed by atoms with E-state index in [-0.39, 0.29) is 17.1 Å². The molecule has 2 aromatic rings. The summed E-state index contributed by atoms with van der Waals surface area (Å²) in [6, 6.07) is 7.94. The fourth-order valence-corrected chi connectivity index (χ4v) is 1.77. The molecule has 0 aliphatic rings. The highest BCUT2D eigenvalue weighted by Crippen LogP contribution is 2.30. The number of rotatable bonds is 4. The molecule has 0 unspecified atom stereocenters. The minimum absolute atomic E-state index is 0.00981. The van der Waals surface area contributed by atoms with E-state index in [2.05, 4.69) is 0 Å². The summed E-state index contributed by atoms with van der Waals surface area (Å²) in [5.74, 6) is -2.69. The first kappa shape index (κ1) is 14.3. The van der Waals surface area contributed by atoms with Crippen molar-refractivity contribution in [2.45, 2.75) is 0 Å². The van der Waals surface area contributed by atoms with Crippen molar-refractivity contribution in [1.82, 2.24) is 0 Å². The highest BCUT2D eigenvalue weighted by Gasteiger charge is 2.18. The van der Waals surface area contributed by atoms with E-state index in [1.165, 1.54) is 30.3 Å². The third-order valence-electron chi connectivity index (χ3n) is 2.71. The van der Waals surface area contributed by atoms with Crippen LogP contribution in [0.4, 0.5) is 10.1 Å². The molecule has 0 aliphatic heterocycles. The molecule has 6 nitrogen and oxygen atoms in total. The molecule has 0 aliphatic carbocycles. The number of halogens is 1. The first-order valence-corrected chi connectivity index (χ1v) is 5.85. The SMILES string of the molecule is NC(=O)c1ccc(N)cc1Oc1cccc(F)c1C(N)=O. The third kappa shape index (κ3) is 2.92. The number of ether oxygens (including phenoxy) is 1. The number of nitrogens with two attached hydrogens (primary N) is 3. The fourth-order valence-electron chi connectivity index (χ4n) is 1.77. The predicted octanol–water partition coefficient (Wildman–Crippen LogP) is 1.40. The number of amides is 2. The molecule has 7 heteroatoms. The highest BCUT2D eigenvalue weighted by molar-refractivity contribution is 5.97. The molecule has 21 heavy (non-hydrogen) atoms. The van der Waals surface area contributed by atoms with Crippen LogP contribution in [0, 0.1) is 5.82 Å². The first-order chi connectivity index (χ1) is 9.90. The Kier molecular flexibility index (Phi) is 3.75. The number of anilines is 1. The lowest BCUT2D eigenvalue weighted by Crippen LogP contribution is -2.16. The number of carbonyl (C=O) groups is 2. The van der Waals surface area contributed by atoms with Gasteiger partial charge >= 0.3 is 0 Å². The van der Waals surface area contributed by atoms with E-state index in [0.717, 1.165) is 6.07 Å². The largest absolute Gasteiger partial charge is 0.455 e. The second kappa shape index (κ2) is 5.49. The van der Waals surface area contributed by atoms with Crippen LogP contribution in [0.3, 0.4) is 0 Å².